The Kier molecular flexibility index (Phi) is 5.79. The van der Waals surface area contributed by atoms with Crippen LogP contribution in [-0.4, -0.2) is 31.4 Å². The van der Waals surface area contributed by atoms with Crippen molar-refractivity contribution in [2.45, 2.75) is 18.6 Å². The molecule has 0 spiro atoms. The molecule has 0 saturated carbocycles. The maximum absolute atomic E-state index is 13.3. The fraction of sp³-hybridized carbons (Fsp3) is 0.158. The van der Waals surface area contributed by atoms with E-state index in [1.165, 1.54) is 35.2 Å². The number of halogens is 2. The molecule has 29 heavy (non-hydrogen) atoms. The molecule has 0 atom stereocenters. The summed E-state index contributed by atoms with van der Waals surface area (Å²) >= 11 is 8.79. The zero-order chi connectivity index (χ0) is 20.4. The molecule has 4 rings (SSSR count). The first-order valence-electron chi connectivity index (χ1n) is 8.72. The van der Waals surface area contributed by atoms with Gasteiger partial charge in [0.1, 0.15) is 5.82 Å². The molecule has 0 unspecified atom stereocenters. The number of hydrogen-bond donors (Lipinski definition) is 1. The fourth-order valence-corrected chi connectivity index (χ4v) is 4.69. The Balaban J connectivity index is 1.45. The van der Waals surface area contributed by atoms with Gasteiger partial charge >= 0.3 is 0 Å². The zero-order valence-electron chi connectivity index (χ0n) is 15.2. The van der Waals surface area contributed by atoms with Gasteiger partial charge in [-0.2, -0.15) is 0 Å². The number of anilines is 1. The van der Waals surface area contributed by atoms with Gasteiger partial charge < -0.3 is 9.88 Å². The highest BCUT2D eigenvalue weighted by molar-refractivity contribution is 7.99. The van der Waals surface area contributed by atoms with E-state index < -0.39 is 0 Å². The molecule has 10 heteroatoms. The average molecular weight is 448 g/mol. The van der Waals surface area contributed by atoms with Crippen molar-refractivity contribution in [3.63, 3.8) is 0 Å². The summed E-state index contributed by atoms with van der Waals surface area (Å²) in [7, 11) is 0. The maximum atomic E-state index is 13.3. The number of thioether (sulfide) groups is 1. The van der Waals surface area contributed by atoms with Gasteiger partial charge in [-0.05, 0) is 37.3 Å². The van der Waals surface area contributed by atoms with E-state index in [9.17, 15) is 9.18 Å². The van der Waals surface area contributed by atoms with Crippen LogP contribution in [-0.2, 0) is 11.3 Å². The normalized spacial score (nSPS) is 11.1. The van der Waals surface area contributed by atoms with Crippen LogP contribution in [0.15, 0.2) is 47.6 Å². The lowest BCUT2D eigenvalue weighted by Crippen LogP contribution is -2.14. The van der Waals surface area contributed by atoms with Gasteiger partial charge in [0.15, 0.2) is 16.1 Å². The van der Waals surface area contributed by atoms with Crippen LogP contribution < -0.4 is 5.32 Å². The largest absolute Gasteiger partial charge is 0.302 e. The van der Waals surface area contributed by atoms with Gasteiger partial charge in [-0.3, -0.25) is 4.79 Å². The number of benzene rings is 2. The molecular weight excluding hydrogens is 433 g/mol. The summed E-state index contributed by atoms with van der Waals surface area (Å²) in [5.74, 6) is 0.252. The topological polar surface area (TPSA) is 72.7 Å². The summed E-state index contributed by atoms with van der Waals surface area (Å²) in [5.41, 5.74) is 1.44. The average Bonchev–Trinajstić information content (AvgIpc) is 3.29. The summed E-state index contributed by atoms with van der Waals surface area (Å²) in [5, 5.41) is 12.9. The Bertz CT molecular complexity index is 1190. The second-order valence-electron chi connectivity index (χ2n) is 6.00. The highest BCUT2D eigenvalue weighted by Gasteiger charge is 2.17. The minimum atomic E-state index is -0.331. The quantitative estimate of drug-likeness (QED) is 0.416. The third-order valence-electron chi connectivity index (χ3n) is 4.08. The second-order valence-corrected chi connectivity index (χ2v) is 8.38. The van der Waals surface area contributed by atoms with E-state index in [-0.39, 0.29) is 17.5 Å². The fourth-order valence-electron chi connectivity index (χ4n) is 2.76. The third-order valence-corrected chi connectivity index (χ3v) is 6.31. The SMILES string of the molecule is CCn1c(SCC(=O)Nc2nc3ccc(F)cc3s2)nnc1-c1ccccc1Cl. The van der Waals surface area contributed by atoms with Crippen LogP contribution >= 0.6 is 34.7 Å². The molecule has 2 heterocycles. The van der Waals surface area contributed by atoms with Gasteiger partial charge in [0.2, 0.25) is 5.91 Å². The van der Waals surface area contributed by atoms with Crippen molar-refractivity contribution in [3.8, 4) is 11.4 Å². The number of carbonyl (C=O) groups excluding carboxylic acids is 1. The number of hydrogen-bond acceptors (Lipinski definition) is 6. The number of thiazole rings is 1. The van der Waals surface area contributed by atoms with E-state index in [0.29, 0.717) is 37.9 Å². The summed E-state index contributed by atoms with van der Waals surface area (Å²) < 4.78 is 15.9. The molecule has 0 radical (unpaired) electrons. The van der Waals surface area contributed by atoms with Crippen LogP contribution in [0.5, 0.6) is 0 Å². The van der Waals surface area contributed by atoms with Crippen LogP contribution in [0.4, 0.5) is 9.52 Å². The number of nitrogens with one attached hydrogen (secondary N) is 1. The Labute approximate surface area is 179 Å². The van der Waals surface area contributed by atoms with Crippen LogP contribution in [0.2, 0.25) is 5.02 Å². The Morgan fingerprint density at radius 3 is 2.90 bits per heavy atom. The Morgan fingerprint density at radius 1 is 1.28 bits per heavy atom. The standard InChI is InChI=1S/C19H15ClFN5OS2/c1-2-26-17(12-5-3-4-6-13(12)20)24-25-19(26)28-10-16(27)23-18-22-14-8-7-11(21)9-15(14)29-18/h3-9H,2,10H2,1H3,(H,22,23,27). The first-order valence-corrected chi connectivity index (χ1v) is 10.9. The molecule has 0 bridgehead atoms. The van der Waals surface area contributed by atoms with Crippen LogP contribution in [0.25, 0.3) is 21.6 Å². The van der Waals surface area contributed by atoms with E-state index in [0.717, 1.165) is 5.56 Å². The van der Waals surface area contributed by atoms with Crippen molar-refractivity contribution in [1.29, 1.82) is 0 Å². The lowest BCUT2D eigenvalue weighted by atomic mass is 10.2. The first kappa shape index (κ1) is 19.8. The lowest BCUT2D eigenvalue weighted by molar-refractivity contribution is -0.113. The van der Waals surface area contributed by atoms with E-state index >= 15 is 0 Å². The lowest BCUT2D eigenvalue weighted by Gasteiger charge is -2.08. The van der Waals surface area contributed by atoms with Crippen molar-refractivity contribution in [2.24, 2.45) is 0 Å². The predicted octanol–water partition coefficient (Wildman–Crippen LogP) is 5.10. The summed E-state index contributed by atoms with van der Waals surface area (Å²) in [6.07, 6.45) is 0. The summed E-state index contributed by atoms with van der Waals surface area (Å²) in [6, 6.07) is 11.8. The number of fused-ring (bicyclic) bond motifs is 1. The predicted molar refractivity (Wildman–Crippen MR) is 115 cm³/mol. The number of amides is 1. The molecule has 0 fully saturated rings. The van der Waals surface area contributed by atoms with Crippen molar-refractivity contribution < 1.29 is 9.18 Å². The first-order chi connectivity index (χ1) is 14.0. The molecule has 1 N–H and O–H groups in total. The highest BCUT2D eigenvalue weighted by Crippen LogP contribution is 2.30. The zero-order valence-corrected chi connectivity index (χ0v) is 17.6. The monoisotopic (exact) mass is 447 g/mol. The van der Waals surface area contributed by atoms with E-state index in [4.69, 9.17) is 11.6 Å². The van der Waals surface area contributed by atoms with Crippen LogP contribution in [0, 0.1) is 5.82 Å². The molecule has 0 aliphatic carbocycles. The number of nitrogens with zero attached hydrogens (tertiary/aromatic N) is 4. The van der Waals surface area contributed by atoms with Crippen LogP contribution in [0.3, 0.4) is 0 Å². The van der Waals surface area contributed by atoms with E-state index in [2.05, 4.69) is 20.5 Å². The number of rotatable bonds is 6. The van der Waals surface area contributed by atoms with Gasteiger partial charge in [-0.1, -0.05) is 46.8 Å². The third kappa shape index (κ3) is 4.26. The molecule has 148 valence electrons. The van der Waals surface area contributed by atoms with Crippen molar-refractivity contribution in [2.75, 3.05) is 11.1 Å². The van der Waals surface area contributed by atoms with E-state index in [1.807, 2.05) is 29.7 Å². The smallest absolute Gasteiger partial charge is 0.236 e. The molecule has 0 saturated heterocycles. The molecule has 0 aliphatic heterocycles. The Morgan fingerprint density at radius 2 is 2.10 bits per heavy atom. The minimum Gasteiger partial charge on any atom is -0.302 e. The van der Waals surface area contributed by atoms with Gasteiger partial charge in [0.25, 0.3) is 0 Å². The minimum absolute atomic E-state index is 0.144. The highest BCUT2D eigenvalue weighted by atomic mass is 35.5. The van der Waals surface area contributed by atoms with Gasteiger partial charge in [-0.25, -0.2) is 9.37 Å². The molecule has 0 aliphatic rings. The summed E-state index contributed by atoms with van der Waals surface area (Å²) in [6.45, 7) is 2.62. The number of carbonyl (C=O) groups is 1. The van der Waals surface area contributed by atoms with Gasteiger partial charge in [0.05, 0.1) is 21.0 Å². The molecular formula is C19H15ClFN5OS2. The number of aromatic nitrogens is 4. The molecule has 2 aromatic carbocycles. The molecule has 4 aromatic rings. The van der Waals surface area contributed by atoms with E-state index in [1.54, 1.807) is 12.1 Å². The second kappa shape index (κ2) is 8.48. The van der Waals surface area contributed by atoms with Gasteiger partial charge in [0, 0.05) is 12.1 Å². The summed E-state index contributed by atoms with van der Waals surface area (Å²) in [4.78, 5) is 16.6. The molecule has 1 amide bonds. The van der Waals surface area contributed by atoms with Crippen molar-refractivity contribution >= 4 is 56.0 Å². The maximum Gasteiger partial charge on any atom is 0.236 e. The van der Waals surface area contributed by atoms with Gasteiger partial charge in [-0.15, -0.1) is 10.2 Å². The van der Waals surface area contributed by atoms with Crippen molar-refractivity contribution in [3.05, 3.63) is 53.3 Å². The Hall–Kier alpha value is -2.49. The molecule has 6 nitrogen and oxygen atoms in total. The molecule has 2 aromatic heterocycles. The van der Waals surface area contributed by atoms with Crippen LogP contribution in [0.1, 0.15) is 6.92 Å². The van der Waals surface area contributed by atoms with Crippen molar-refractivity contribution in [1.82, 2.24) is 19.7 Å².